The van der Waals surface area contributed by atoms with E-state index in [4.69, 9.17) is 4.74 Å². The van der Waals surface area contributed by atoms with E-state index in [2.05, 4.69) is 20.3 Å². The Bertz CT molecular complexity index is 1050. The number of carbonyl (C=O) groups is 1. The number of alkyl halides is 5. The fourth-order valence-electron chi connectivity index (χ4n) is 4.16. The van der Waals surface area contributed by atoms with Crippen LogP contribution >= 0.6 is 0 Å². The van der Waals surface area contributed by atoms with Gasteiger partial charge in [0.05, 0.1) is 24.0 Å². The van der Waals surface area contributed by atoms with E-state index in [0.717, 1.165) is 29.7 Å². The highest BCUT2D eigenvalue weighted by atomic mass is 19.4. The van der Waals surface area contributed by atoms with Gasteiger partial charge in [-0.05, 0) is 25.0 Å². The highest BCUT2D eigenvalue weighted by Gasteiger charge is 2.34. The number of hydrogen-bond acceptors (Lipinski definition) is 7. The summed E-state index contributed by atoms with van der Waals surface area (Å²) in [4.78, 5) is 27.8. The van der Waals surface area contributed by atoms with Crippen LogP contribution in [0.2, 0.25) is 0 Å². The maximum absolute atomic E-state index is 13.1. The molecule has 4 heterocycles. The number of anilines is 3. The number of likely N-dealkylation sites (tertiary alicyclic amines) is 1. The minimum Gasteiger partial charge on any atom is -0.375 e. The number of rotatable bonds is 6. The molecule has 2 aliphatic heterocycles. The van der Waals surface area contributed by atoms with Gasteiger partial charge in [-0.25, -0.2) is 9.97 Å². The number of morpholine rings is 1. The number of amides is 1. The lowest BCUT2D eigenvalue weighted by Crippen LogP contribution is -2.43. The second-order valence-corrected chi connectivity index (χ2v) is 8.45. The molecule has 0 aliphatic carbocycles. The van der Waals surface area contributed by atoms with Crippen molar-refractivity contribution in [3.63, 3.8) is 0 Å². The third-order valence-electron chi connectivity index (χ3n) is 6.06. The molecule has 2 aliphatic rings. The maximum Gasteiger partial charge on any atom is 0.416 e. The molecule has 0 aromatic carbocycles. The van der Waals surface area contributed by atoms with Crippen LogP contribution in [0.15, 0.2) is 24.4 Å². The molecule has 2 fully saturated rings. The summed E-state index contributed by atoms with van der Waals surface area (Å²) in [5.41, 5.74) is -0.353. The third-order valence-corrected chi connectivity index (χ3v) is 6.06. The van der Waals surface area contributed by atoms with Crippen LogP contribution in [0.4, 0.5) is 39.5 Å². The molecule has 1 amide bonds. The summed E-state index contributed by atoms with van der Waals surface area (Å²) in [7, 11) is 0. The monoisotopic (exact) mass is 500 g/mol. The quantitative estimate of drug-likeness (QED) is 0.604. The van der Waals surface area contributed by atoms with Crippen molar-refractivity contribution in [2.75, 3.05) is 43.0 Å². The van der Waals surface area contributed by atoms with Gasteiger partial charge in [0.25, 0.3) is 5.91 Å². The summed E-state index contributed by atoms with van der Waals surface area (Å²) in [6, 6.07) is 3.31. The molecule has 190 valence electrons. The Labute approximate surface area is 198 Å². The van der Waals surface area contributed by atoms with Crippen LogP contribution in [0.25, 0.3) is 0 Å². The molecule has 8 nitrogen and oxygen atoms in total. The van der Waals surface area contributed by atoms with Crippen LogP contribution in [-0.2, 0) is 15.7 Å². The summed E-state index contributed by atoms with van der Waals surface area (Å²) >= 11 is 0. The summed E-state index contributed by atoms with van der Waals surface area (Å²) in [5.74, 6) is -1.04. The summed E-state index contributed by atoms with van der Waals surface area (Å²) in [5, 5.41) is 2.82. The molecule has 2 unspecified atom stereocenters. The first kappa shape index (κ1) is 25.0. The van der Waals surface area contributed by atoms with Crippen LogP contribution < -0.4 is 10.2 Å². The first-order valence-corrected chi connectivity index (χ1v) is 11.3. The number of carbonyl (C=O) groups excluding carboxylic acids is 1. The average Bonchev–Trinajstić information content (AvgIpc) is 3.33. The topological polar surface area (TPSA) is 83.5 Å². The minimum atomic E-state index is -4.53. The largest absolute Gasteiger partial charge is 0.416 e. The van der Waals surface area contributed by atoms with Crippen LogP contribution in [-0.4, -0.2) is 71.1 Å². The normalized spacial score (nSPS) is 21.0. The Balaban J connectivity index is 1.64. The molecule has 2 saturated heterocycles. The number of halogens is 5. The maximum atomic E-state index is 13.1. The summed E-state index contributed by atoms with van der Waals surface area (Å²) in [6.07, 6.45) is -5.39. The van der Waals surface area contributed by atoms with E-state index >= 15 is 0 Å². The van der Waals surface area contributed by atoms with E-state index in [1.54, 1.807) is 6.07 Å². The van der Waals surface area contributed by atoms with Gasteiger partial charge in [0, 0.05) is 44.4 Å². The number of pyridine rings is 1. The Morgan fingerprint density at radius 2 is 2.00 bits per heavy atom. The Hall–Kier alpha value is -3.09. The molecule has 13 heteroatoms. The van der Waals surface area contributed by atoms with Crippen LogP contribution in [0.1, 0.15) is 36.9 Å². The molecule has 0 radical (unpaired) electrons. The zero-order valence-corrected chi connectivity index (χ0v) is 18.9. The molecule has 0 spiro atoms. The Morgan fingerprint density at radius 1 is 1.20 bits per heavy atom. The van der Waals surface area contributed by atoms with Gasteiger partial charge in [0.1, 0.15) is 11.6 Å². The number of nitrogens with one attached hydrogen (secondary N) is 1. The number of nitrogens with zero attached hydrogens (tertiary/aromatic N) is 5. The molecule has 0 saturated carbocycles. The van der Waals surface area contributed by atoms with E-state index < -0.39 is 24.1 Å². The molecule has 4 rings (SSSR count). The highest BCUT2D eigenvalue weighted by molar-refractivity contribution is 5.79. The van der Waals surface area contributed by atoms with Gasteiger partial charge in [-0.3, -0.25) is 4.79 Å². The zero-order chi connectivity index (χ0) is 25.2. The predicted octanol–water partition coefficient (Wildman–Crippen LogP) is 3.83. The molecule has 2 aromatic rings. The van der Waals surface area contributed by atoms with Gasteiger partial charge in [-0.15, -0.1) is 0 Å². The lowest BCUT2D eigenvalue weighted by molar-refractivity contribution is -0.141. The van der Waals surface area contributed by atoms with Crippen molar-refractivity contribution < 1.29 is 31.5 Å². The fourth-order valence-corrected chi connectivity index (χ4v) is 4.16. The average molecular weight is 500 g/mol. The minimum absolute atomic E-state index is 0.0248. The van der Waals surface area contributed by atoms with E-state index in [-0.39, 0.29) is 36.7 Å². The molecular weight excluding hydrogens is 475 g/mol. The van der Waals surface area contributed by atoms with Crippen molar-refractivity contribution in [3.05, 3.63) is 35.7 Å². The number of aromatic nitrogens is 3. The van der Waals surface area contributed by atoms with Crippen molar-refractivity contribution >= 4 is 23.5 Å². The summed E-state index contributed by atoms with van der Waals surface area (Å²) < 4.78 is 70.8. The van der Waals surface area contributed by atoms with Crippen molar-refractivity contribution in [1.29, 1.82) is 0 Å². The second kappa shape index (κ2) is 10.3. The first-order chi connectivity index (χ1) is 16.6. The molecule has 0 bridgehead atoms. The first-order valence-electron chi connectivity index (χ1n) is 11.3. The van der Waals surface area contributed by atoms with Crippen molar-refractivity contribution in [2.24, 2.45) is 0 Å². The van der Waals surface area contributed by atoms with Crippen LogP contribution in [0.3, 0.4) is 0 Å². The molecule has 1 N–H and O–H groups in total. The molecule has 2 atom stereocenters. The van der Waals surface area contributed by atoms with E-state index in [1.807, 2.05) is 11.8 Å². The SMILES string of the molecule is CCC1CN(c2nc(Nc3cc(C(F)(F)F)ccn3)cc(C3CCN(C(=O)C(F)F)C3)n2)CCO1. The third kappa shape index (κ3) is 5.95. The number of ether oxygens (including phenoxy) is 1. The van der Waals surface area contributed by atoms with Crippen molar-refractivity contribution in [3.8, 4) is 0 Å². The zero-order valence-electron chi connectivity index (χ0n) is 18.9. The van der Waals surface area contributed by atoms with Gasteiger partial charge in [0.15, 0.2) is 0 Å². The van der Waals surface area contributed by atoms with Gasteiger partial charge < -0.3 is 19.9 Å². The highest BCUT2D eigenvalue weighted by Crippen LogP contribution is 2.32. The lowest BCUT2D eigenvalue weighted by atomic mass is 10.0. The summed E-state index contributed by atoms with van der Waals surface area (Å²) in [6.45, 7) is 3.74. The Kier molecular flexibility index (Phi) is 7.33. The predicted molar refractivity (Wildman–Crippen MR) is 117 cm³/mol. The van der Waals surface area contributed by atoms with Crippen LogP contribution in [0.5, 0.6) is 0 Å². The number of hydrogen-bond donors (Lipinski definition) is 1. The second-order valence-electron chi connectivity index (χ2n) is 8.45. The van der Waals surface area contributed by atoms with Crippen molar-refractivity contribution in [2.45, 2.75) is 44.4 Å². The van der Waals surface area contributed by atoms with Gasteiger partial charge in [-0.1, -0.05) is 6.92 Å². The van der Waals surface area contributed by atoms with E-state index in [0.29, 0.717) is 37.8 Å². The molecule has 35 heavy (non-hydrogen) atoms. The standard InChI is InChI=1S/C22H25F5N6O2/c1-2-15-12-33(7-8-35-15)21-29-16(13-4-6-32(11-13)20(34)19(23)24)10-18(31-21)30-17-9-14(3-5-28-17)22(25,26)27/h3,5,9-10,13,15,19H,2,4,6-8,11-12H2,1H3,(H,28,29,30,31). The Morgan fingerprint density at radius 3 is 2.71 bits per heavy atom. The van der Waals surface area contributed by atoms with Gasteiger partial charge in [-0.2, -0.15) is 26.9 Å². The van der Waals surface area contributed by atoms with Crippen LogP contribution in [0, 0.1) is 0 Å². The molecular formula is C22H25F5N6O2. The van der Waals surface area contributed by atoms with E-state index in [9.17, 15) is 26.7 Å². The van der Waals surface area contributed by atoms with Gasteiger partial charge >= 0.3 is 12.6 Å². The fraction of sp³-hybridized carbons (Fsp3) is 0.545. The van der Waals surface area contributed by atoms with E-state index in [1.165, 1.54) is 0 Å². The molecule has 2 aromatic heterocycles. The smallest absolute Gasteiger partial charge is 0.375 e. The van der Waals surface area contributed by atoms with Gasteiger partial charge in [0.2, 0.25) is 5.95 Å². The van der Waals surface area contributed by atoms with Crippen molar-refractivity contribution in [1.82, 2.24) is 19.9 Å². The lowest BCUT2D eigenvalue weighted by Gasteiger charge is -2.33.